The van der Waals surface area contributed by atoms with Crippen LogP contribution in [0.5, 0.6) is 0 Å². The summed E-state index contributed by atoms with van der Waals surface area (Å²) >= 11 is 0. The van der Waals surface area contributed by atoms with Crippen LogP contribution in [0.1, 0.15) is 12.0 Å². The van der Waals surface area contributed by atoms with Gasteiger partial charge >= 0.3 is 5.97 Å². The Morgan fingerprint density at radius 2 is 2.20 bits per heavy atom. The minimum Gasteiger partial charge on any atom is -0.471 e. The minimum atomic E-state index is -0.541. The van der Waals surface area contributed by atoms with Gasteiger partial charge in [-0.05, 0) is 17.5 Å². The highest BCUT2D eigenvalue weighted by atomic mass is 16.7. The van der Waals surface area contributed by atoms with Crippen LogP contribution >= 0.6 is 0 Å². The van der Waals surface area contributed by atoms with Gasteiger partial charge in [0.05, 0.1) is 31.5 Å². The molecule has 0 fully saturated rings. The molecule has 7 heteroatoms. The molecule has 1 aliphatic heterocycles. The maximum Gasteiger partial charge on any atom is 0.337 e. The fraction of sp³-hybridized carbons (Fsp3) is 0.389. The summed E-state index contributed by atoms with van der Waals surface area (Å²) in [6.07, 6.45) is 3.55. The zero-order chi connectivity index (χ0) is 17.6. The van der Waals surface area contributed by atoms with E-state index in [1.807, 2.05) is 36.4 Å². The molecular formula is C18H19N3O4. The average Bonchev–Trinajstić information content (AvgIpc) is 3.09. The van der Waals surface area contributed by atoms with Crippen LogP contribution < -0.4 is 0 Å². The normalized spacial score (nSPS) is 24.3. The number of hydrogen-bond acceptors (Lipinski definition) is 5. The van der Waals surface area contributed by atoms with Crippen molar-refractivity contribution in [2.24, 2.45) is 17.0 Å². The van der Waals surface area contributed by atoms with E-state index in [4.69, 9.17) is 19.7 Å². The number of nitrogens with zero attached hydrogens (tertiary/aromatic N) is 3. The third-order valence-corrected chi connectivity index (χ3v) is 4.51. The quantitative estimate of drug-likeness (QED) is 0.260. The van der Waals surface area contributed by atoms with Crippen molar-refractivity contribution in [1.29, 1.82) is 0 Å². The van der Waals surface area contributed by atoms with E-state index < -0.39 is 12.3 Å². The van der Waals surface area contributed by atoms with Gasteiger partial charge in [0.15, 0.2) is 0 Å². The Bertz CT molecular complexity index is 738. The number of benzene rings is 1. The number of rotatable bonds is 6. The molecule has 1 aliphatic carbocycles. The molecule has 0 saturated heterocycles. The van der Waals surface area contributed by atoms with Gasteiger partial charge in [-0.15, -0.1) is 0 Å². The predicted octanol–water partition coefficient (Wildman–Crippen LogP) is 3.49. The Kier molecular flexibility index (Phi) is 5.38. The van der Waals surface area contributed by atoms with Crippen molar-refractivity contribution in [3.8, 4) is 0 Å². The monoisotopic (exact) mass is 341 g/mol. The molecular weight excluding hydrogens is 322 g/mol. The van der Waals surface area contributed by atoms with Crippen LogP contribution in [0.4, 0.5) is 0 Å². The fourth-order valence-electron chi connectivity index (χ4n) is 3.31. The molecule has 1 aromatic carbocycles. The zero-order valence-electron chi connectivity index (χ0n) is 13.9. The molecule has 0 spiro atoms. The van der Waals surface area contributed by atoms with E-state index in [0.717, 1.165) is 11.1 Å². The van der Waals surface area contributed by atoms with Crippen LogP contribution in [0.2, 0.25) is 0 Å². The standard InChI is InChI=1S/C18H19N3O4/c1-23-17(22)15-11-25-18(24-10-12-5-3-2-4-6-12)16-13(9-20-21-19)7-8-14(15)16/h2-7,11,14,16,18H,8-10H2,1H3. The van der Waals surface area contributed by atoms with Crippen LogP contribution in [-0.4, -0.2) is 25.9 Å². The van der Waals surface area contributed by atoms with Gasteiger partial charge in [0.25, 0.3) is 0 Å². The summed E-state index contributed by atoms with van der Waals surface area (Å²) in [6, 6.07) is 9.78. The van der Waals surface area contributed by atoms with Crippen molar-refractivity contribution in [3.05, 3.63) is 69.8 Å². The smallest absolute Gasteiger partial charge is 0.337 e. The lowest BCUT2D eigenvalue weighted by atomic mass is 9.83. The molecule has 3 atom stereocenters. The van der Waals surface area contributed by atoms with E-state index in [1.165, 1.54) is 13.4 Å². The van der Waals surface area contributed by atoms with E-state index >= 15 is 0 Å². The summed E-state index contributed by atoms with van der Waals surface area (Å²) in [5, 5.41) is 3.65. The van der Waals surface area contributed by atoms with E-state index in [0.29, 0.717) is 18.6 Å². The summed E-state index contributed by atoms with van der Waals surface area (Å²) in [5.41, 5.74) is 11.0. The lowest BCUT2D eigenvalue weighted by Crippen LogP contribution is -2.37. The van der Waals surface area contributed by atoms with Crippen molar-refractivity contribution < 1.29 is 19.0 Å². The topological polar surface area (TPSA) is 93.5 Å². The number of methoxy groups -OCH3 is 1. The van der Waals surface area contributed by atoms with E-state index in [9.17, 15) is 4.79 Å². The van der Waals surface area contributed by atoms with Crippen LogP contribution in [0.15, 0.2) is 58.9 Å². The molecule has 3 unspecified atom stereocenters. The number of azide groups is 1. The molecule has 7 nitrogen and oxygen atoms in total. The number of fused-ring (bicyclic) bond motifs is 1. The van der Waals surface area contributed by atoms with Crippen molar-refractivity contribution >= 4 is 5.97 Å². The number of hydrogen-bond donors (Lipinski definition) is 0. The van der Waals surface area contributed by atoms with Crippen LogP contribution in [0.25, 0.3) is 10.4 Å². The molecule has 2 aliphatic rings. The van der Waals surface area contributed by atoms with Crippen LogP contribution in [0, 0.1) is 11.8 Å². The zero-order valence-corrected chi connectivity index (χ0v) is 13.9. The van der Waals surface area contributed by atoms with Gasteiger partial charge in [-0.2, -0.15) is 0 Å². The molecule has 0 saturated carbocycles. The molecule has 3 rings (SSSR count). The van der Waals surface area contributed by atoms with Gasteiger partial charge in [0.2, 0.25) is 6.29 Å². The van der Waals surface area contributed by atoms with Crippen molar-refractivity contribution in [2.45, 2.75) is 19.3 Å². The van der Waals surface area contributed by atoms with Crippen LogP contribution in [0.3, 0.4) is 0 Å². The number of allylic oxidation sites excluding steroid dienone is 1. The summed E-state index contributed by atoms with van der Waals surface area (Å²) in [7, 11) is 1.35. The molecule has 25 heavy (non-hydrogen) atoms. The lowest BCUT2D eigenvalue weighted by molar-refractivity contribution is -0.160. The van der Waals surface area contributed by atoms with Crippen molar-refractivity contribution in [3.63, 3.8) is 0 Å². The van der Waals surface area contributed by atoms with Gasteiger partial charge in [0.1, 0.15) is 0 Å². The van der Waals surface area contributed by atoms with Crippen molar-refractivity contribution in [2.75, 3.05) is 13.7 Å². The first kappa shape index (κ1) is 17.1. The molecule has 1 aromatic rings. The third-order valence-electron chi connectivity index (χ3n) is 4.51. The molecule has 1 heterocycles. The SMILES string of the molecule is COC(=O)C1=COC(OCc2ccccc2)C2C(CN=[N+]=[N-])=CCC12. The molecule has 0 amide bonds. The number of ether oxygens (including phenoxy) is 3. The Morgan fingerprint density at radius 1 is 1.40 bits per heavy atom. The Morgan fingerprint density at radius 3 is 2.92 bits per heavy atom. The highest BCUT2D eigenvalue weighted by molar-refractivity contribution is 5.89. The summed E-state index contributed by atoms with van der Waals surface area (Å²) < 4.78 is 16.5. The van der Waals surface area contributed by atoms with Gasteiger partial charge in [-0.25, -0.2) is 4.79 Å². The number of esters is 1. The molecule has 0 aromatic heterocycles. The van der Waals surface area contributed by atoms with Gasteiger partial charge in [-0.1, -0.05) is 47.1 Å². The molecule has 0 N–H and O–H groups in total. The van der Waals surface area contributed by atoms with Crippen molar-refractivity contribution in [1.82, 2.24) is 0 Å². The fourth-order valence-corrected chi connectivity index (χ4v) is 3.31. The second kappa shape index (κ2) is 7.88. The number of carbonyl (C=O) groups is 1. The Balaban J connectivity index is 1.79. The first-order valence-electron chi connectivity index (χ1n) is 8.03. The minimum absolute atomic E-state index is 0.0918. The second-order valence-electron chi connectivity index (χ2n) is 5.90. The first-order valence-corrected chi connectivity index (χ1v) is 8.03. The van der Waals surface area contributed by atoms with Crippen LogP contribution in [-0.2, 0) is 25.6 Å². The van der Waals surface area contributed by atoms with E-state index in [2.05, 4.69) is 10.0 Å². The lowest BCUT2D eigenvalue weighted by Gasteiger charge is -2.34. The summed E-state index contributed by atoms with van der Waals surface area (Å²) in [4.78, 5) is 14.8. The Labute approximate surface area is 145 Å². The maximum absolute atomic E-state index is 12.0. The molecule has 0 radical (unpaired) electrons. The molecule has 130 valence electrons. The predicted molar refractivity (Wildman–Crippen MR) is 89.9 cm³/mol. The highest BCUT2D eigenvalue weighted by Crippen LogP contribution is 2.44. The van der Waals surface area contributed by atoms with Gasteiger partial charge < -0.3 is 14.2 Å². The summed E-state index contributed by atoms with van der Waals surface area (Å²) in [6.45, 7) is 0.631. The second-order valence-corrected chi connectivity index (χ2v) is 5.90. The highest BCUT2D eigenvalue weighted by Gasteiger charge is 2.44. The maximum atomic E-state index is 12.0. The molecule has 0 bridgehead atoms. The Hall–Kier alpha value is -2.76. The first-order chi connectivity index (χ1) is 12.2. The third kappa shape index (κ3) is 3.68. The summed E-state index contributed by atoms with van der Waals surface area (Å²) in [5.74, 6) is -0.672. The van der Waals surface area contributed by atoms with Gasteiger partial charge in [0, 0.05) is 17.4 Å². The average molecular weight is 341 g/mol. The van der Waals surface area contributed by atoms with E-state index in [1.54, 1.807) is 0 Å². The van der Waals surface area contributed by atoms with E-state index in [-0.39, 0.29) is 18.4 Å². The van der Waals surface area contributed by atoms with Gasteiger partial charge in [-0.3, -0.25) is 0 Å². The largest absolute Gasteiger partial charge is 0.471 e. The number of carbonyl (C=O) groups excluding carboxylic acids is 1.